The van der Waals surface area contributed by atoms with Crippen molar-refractivity contribution in [3.8, 4) is 11.5 Å². The lowest BCUT2D eigenvalue weighted by Gasteiger charge is -2.28. The molecule has 0 amide bonds. The largest absolute Gasteiger partial charge is 0.442 e. The summed E-state index contributed by atoms with van der Waals surface area (Å²) in [6, 6.07) is 10.00. The Morgan fingerprint density at radius 3 is 2.87 bits per heavy atom. The number of ether oxygens (including phenoxy) is 1. The highest BCUT2D eigenvalue weighted by Crippen LogP contribution is 2.25. The lowest BCUT2D eigenvalue weighted by molar-refractivity contribution is 0.122. The van der Waals surface area contributed by atoms with Gasteiger partial charge in [-0.1, -0.05) is 29.8 Å². The van der Waals surface area contributed by atoms with E-state index in [9.17, 15) is 0 Å². The van der Waals surface area contributed by atoms with Gasteiger partial charge in [0.1, 0.15) is 11.3 Å². The molecule has 9 nitrogen and oxygen atoms in total. The number of fused-ring (bicyclic) bond motifs is 1. The number of benzene rings is 1. The fourth-order valence-corrected chi connectivity index (χ4v) is 3.40. The number of nitrogens with zero attached hydrogens (tertiary/aromatic N) is 6. The van der Waals surface area contributed by atoms with Crippen LogP contribution in [0.4, 0.5) is 11.8 Å². The Morgan fingerprint density at radius 2 is 2.07 bits per heavy atom. The lowest BCUT2D eigenvalue weighted by Crippen LogP contribution is -2.38. The molecule has 0 unspecified atom stereocenters. The molecular formula is C21H21N7O2. The van der Waals surface area contributed by atoms with Gasteiger partial charge < -0.3 is 14.1 Å². The Bertz CT molecular complexity index is 1180. The van der Waals surface area contributed by atoms with Crippen LogP contribution in [0.5, 0.6) is 0 Å². The second-order valence-electron chi connectivity index (χ2n) is 7.04. The summed E-state index contributed by atoms with van der Waals surface area (Å²) >= 11 is 0. The van der Waals surface area contributed by atoms with Gasteiger partial charge in [-0.2, -0.15) is 10.1 Å². The van der Waals surface area contributed by atoms with Gasteiger partial charge in [-0.05, 0) is 12.5 Å². The molecule has 1 aliphatic heterocycles. The van der Waals surface area contributed by atoms with Crippen LogP contribution in [0.1, 0.15) is 11.1 Å². The summed E-state index contributed by atoms with van der Waals surface area (Å²) in [7, 11) is 0. The number of morpholine rings is 1. The van der Waals surface area contributed by atoms with Gasteiger partial charge in [-0.25, -0.2) is 9.97 Å². The predicted molar refractivity (Wildman–Crippen MR) is 114 cm³/mol. The quantitative estimate of drug-likeness (QED) is 0.404. The predicted octanol–water partition coefficient (Wildman–Crippen LogP) is 2.98. The first-order valence-corrected chi connectivity index (χ1v) is 9.74. The van der Waals surface area contributed by atoms with Crippen molar-refractivity contribution in [2.45, 2.75) is 6.92 Å². The lowest BCUT2D eigenvalue weighted by atomic mass is 10.2. The maximum absolute atomic E-state index is 5.49. The first kappa shape index (κ1) is 18.3. The first-order chi connectivity index (χ1) is 14.8. The Kier molecular flexibility index (Phi) is 4.86. The molecule has 9 heteroatoms. The van der Waals surface area contributed by atoms with Crippen molar-refractivity contribution < 1.29 is 9.15 Å². The number of hydrogen-bond donors (Lipinski definition) is 1. The van der Waals surface area contributed by atoms with Gasteiger partial charge in [0.05, 0.1) is 25.6 Å². The van der Waals surface area contributed by atoms with E-state index in [2.05, 4.69) is 44.5 Å². The molecule has 0 spiro atoms. The minimum atomic E-state index is 0.610. The van der Waals surface area contributed by atoms with Crippen LogP contribution < -0.4 is 10.3 Å². The Hall–Kier alpha value is -3.72. The van der Waals surface area contributed by atoms with Crippen LogP contribution in [-0.4, -0.2) is 51.9 Å². The third-order valence-electron chi connectivity index (χ3n) is 4.85. The molecule has 5 rings (SSSR count). The van der Waals surface area contributed by atoms with Gasteiger partial charge in [0.2, 0.25) is 5.95 Å². The maximum atomic E-state index is 5.49. The number of nitrogens with one attached hydrogen (secondary N) is 1. The molecule has 1 aromatic carbocycles. The summed E-state index contributed by atoms with van der Waals surface area (Å²) in [6.07, 6.45) is 6.73. The normalized spacial score (nSPS) is 14.6. The molecule has 4 aromatic rings. The zero-order chi connectivity index (χ0) is 20.3. The van der Waals surface area contributed by atoms with E-state index in [-0.39, 0.29) is 0 Å². The molecule has 1 fully saturated rings. The van der Waals surface area contributed by atoms with E-state index in [4.69, 9.17) is 14.1 Å². The molecule has 0 radical (unpaired) electrons. The van der Waals surface area contributed by atoms with Gasteiger partial charge >= 0.3 is 0 Å². The fraction of sp³-hybridized carbons (Fsp3) is 0.238. The van der Waals surface area contributed by atoms with Crippen molar-refractivity contribution in [2.24, 2.45) is 5.10 Å². The molecule has 0 aliphatic carbocycles. The molecule has 30 heavy (non-hydrogen) atoms. The molecule has 1 aliphatic rings. The Labute approximate surface area is 173 Å². The van der Waals surface area contributed by atoms with Crippen LogP contribution in [0.25, 0.3) is 17.1 Å². The van der Waals surface area contributed by atoms with Crippen LogP contribution in [0.15, 0.2) is 58.6 Å². The van der Waals surface area contributed by atoms with Crippen molar-refractivity contribution in [3.63, 3.8) is 0 Å². The Morgan fingerprint density at radius 1 is 1.17 bits per heavy atom. The summed E-state index contributed by atoms with van der Waals surface area (Å²) in [4.78, 5) is 15.6. The summed E-state index contributed by atoms with van der Waals surface area (Å²) in [6.45, 7) is 4.90. The topological polar surface area (TPSA) is 93.1 Å². The number of aromatic nitrogens is 4. The van der Waals surface area contributed by atoms with Crippen LogP contribution in [0.3, 0.4) is 0 Å². The molecule has 152 valence electrons. The second kappa shape index (κ2) is 7.96. The average Bonchev–Trinajstić information content (AvgIpc) is 3.44. The summed E-state index contributed by atoms with van der Waals surface area (Å²) < 4.78 is 12.9. The molecule has 3 aromatic heterocycles. The van der Waals surface area contributed by atoms with E-state index in [0.29, 0.717) is 30.5 Å². The van der Waals surface area contributed by atoms with Gasteiger partial charge in [0, 0.05) is 25.4 Å². The van der Waals surface area contributed by atoms with E-state index in [0.717, 1.165) is 30.2 Å². The van der Waals surface area contributed by atoms with Crippen molar-refractivity contribution in [3.05, 3.63) is 60.2 Å². The van der Waals surface area contributed by atoms with Crippen LogP contribution >= 0.6 is 0 Å². The number of oxazole rings is 1. The minimum absolute atomic E-state index is 0.610. The van der Waals surface area contributed by atoms with Gasteiger partial charge in [-0.15, -0.1) is 0 Å². The summed E-state index contributed by atoms with van der Waals surface area (Å²) in [5.41, 5.74) is 6.68. The van der Waals surface area contributed by atoms with Gasteiger partial charge in [0.15, 0.2) is 18.0 Å². The van der Waals surface area contributed by atoms with Crippen molar-refractivity contribution in [1.29, 1.82) is 0 Å². The number of hydrazone groups is 1. The molecule has 1 N–H and O–H groups in total. The zero-order valence-corrected chi connectivity index (χ0v) is 16.5. The van der Waals surface area contributed by atoms with E-state index in [1.54, 1.807) is 12.4 Å². The smallest absolute Gasteiger partial charge is 0.213 e. The number of aryl methyl sites for hydroxylation is 1. The summed E-state index contributed by atoms with van der Waals surface area (Å²) in [5, 5.41) is 4.36. The Balaban J connectivity index is 1.50. The number of rotatable bonds is 5. The van der Waals surface area contributed by atoms with Crippen molar-refractivity contribution >= 4 is 23.6 Å². The highest BCUT2D eigenvalue weighted by atomic mass is 16.5. The molecule has 4 heterocycles. The second-order valence-corrected chi connectivity index (χ2v) is 7.04. The van der Waals surface area contributed by atoms with Crippen molar-refractivity contribution in [2.75, 3.05) is 36.6 Å². The standard InChI is InChI=1S/C21H21N7O2/c1-15-3-2-4-16(9-15)11-23-26-19-10-20-24-17(18-12-22-14-30-18)13-28(20)21(25-19)27-5-7-29-8-6-27/h2-4,9-14,26H,5-8H2,1H3/b23-11+. The monoisotopic (exact) mass is 403 g/mol. The third-order valence-corrected chi connectivity index (χ3v) is 4.85. The van der Waals surface area contributed by atoms with E-state index < -0.39 is 0 Å². The molecule has 0 atom stereocenters. The molecule has 0 saturated carbocycles. The van der Waals surface area contributed by atoms with Crippen LogP contribution in [0.2, 0.25) is 0 Å². The number of hydrogen-bond acceptors (Lipinski definition) is 8. The number of anilines is 2. The SMILES string of the molecule is Cc1cccc(/C=N/Nc2cc3nc(-c4cnco4)cn3c(N3CCOCC3)n2)c1. The molecule has 0 bridgehead atoms. The van der Waals surface area contributed by atoms with Crippen LogP contribution in [-0.2, 0) is 4.74 Å². The van der Waals surface area contributed by atoms with E-state index in [1.807, 2.05) is 28.8 Å². The highest BCUT2D eigenvalue weighted by molar-refractivity contribution is 5.80. The van der Waals surface area contributed by atoms with Crippen LogP contribution in [0, 0.1) is 6.92 Å². The average molecular weight is 403 g/mol. The van der Waals surface area contributed by atoms with E-state index >= 15 is 0 Å². The minimum Gasteiger partial charge on any atom is -0.442 e. The maximum Gasteiger partial charge on any atom is 0.213 e. The highest BCUT2D eigenvalue weighted by Gasteiger charge is 2.19. The molecule has 1 saturated heterocycles. The zero-order valence-electron chi connectivity index (χ0n) is 16.5. The summed E-state index contributed by atoms with van der Waals surface area (Å²) in [5.74, 6) is 2.00. The van der Waals surface area contributed by atoms with E-state index in [1.165, 1.54) is 12.0 Å². The van der Waals surface area contributed by atoms with Gasteiger partial charge in [0.25, 0.3) is 0 Å². The third kappa shape index (κ3) is 3.74. The first-order valence-electron chi connectivity index (χ1n) is 9.74. The van der Waals surface area contributed by atoms with Crippen molar-refractivity contribution in [1.82, 2.24) is 19.4 Å². The van der Waals surface area contributed by atoms with Gasteiger partial charge in [-0.3, -0.25) is 9.83 Å². The number of imidazole rings is 1. The molecular weight excluding hydrogens is 382 g/mol. The fourth-order valence-electron chi connectivity index (χ4n) is 3.40.